The number of nitrogens with one attached hydrogen (secondary N) is 1. The van der Waals surface area contributed by atoms with Crippen molar-refractivity contribution in [3.63, 3.8) is 0 Å². The van der Waals surface area contributed by atoms with Crippen molar-refractivity contribution >= 4 is 51.9 Å². The van der Waals surface area contributed by atoms with Crippen molar-refractivity contribution in [3.8, 4) is 11.5 Å². The van der Waals surface area contributed by atoms with Crippen LogP contribution in [0.25, 0.3) is 10.9 Å². The second kappa shape index (κ2) is 14.1. The van der Waals surface area contributed by atoms with Gasteiger partial charge in [-0.3, -0.25) is 14.5 Å². The van der Waals surface area contributed by atoms with Gasteiger partial charge in [-0.25, -0.2) is 9.78 Å². The van der Waals surface area contributed by atoms with E-state index in [9.17, 15) is 14.4 Å². The number of hydrogen-bond acceptors (Lipinski definition) is 13. The SMILES string of the molecule is Cc1nnc(Sc2cc(OC3C[C@@H](C(N)=O)N(C(=O)[C@@H](NC(=O)OC4CC56CC5(C4)C6)C(C)(C)C)C3)c3ccc(OCCN4CCOCC4)c(C)c3n2)s1. The highest BCUT2D eigenvalue weighted by molar-refractivity contribution is 8.01. The first kappa shape index (κ1) is 37.2. The number of fused-ring (bicyclic) bond motifs is 1. The molecule has 16 heteroatoms. The number of primary amides is 1. The molecule has 8 rings (SSSR count). The third-order valence-electron chi connectivity index (χ3n) is 11.9. The van der Waals surface area contributed by atoms with E-state index >= 15 is 0 Å². The van der Waals surface area contributed by atoms with Crippen LogP contribution in [0.5, 0.6) is 11.5 Å². The number of amides is 3. The fourth-order valence-corrected chi connectivity index (χ4v) is 10.5. The number of rotatable bonds is 12. The Morgan fingerprint density at radius 3 is 2.50 bits per heavy atom. The molecule has 54 heavy (non-hydrogen) atoms. The number of carbonyl (C=O) groups excluding carboxylic acids is 3. The first-order valence-electron chi connectivity index (χ1n) is 18.8. The molecule has 2 aliphatic heterocycles. The smallest absolute Gasteiger partial charge is 0.408 e. The number of alkyl carbamates (subject to hydrolysis) is 1. The topological polar surface area (TPSA) is 171 Å². The summed E-state index contributed by atoms with van der Waals surface area (Å²) in [7, 11) is 0. The summed E-state index contributed by atoms with van der Waals surface area (Å²) in [5, 5.41) is 13.6. The Balaban J connectivity index is 1.01. The van der Waals surface area contributed by atoms with Crippen LogP contribution in [0, 0.1) is 30.1 Å². The van der Waals surface area contributed by atoms with Gasteiger partial charge in [-0.15, -0.1) is 10.2 Å². The number of hydrogen-bond donors (Lipinski definition) is 2. The van der Waals surface area contributed by atoms with E-state index in [0.29, 0.717) is 33.7 Å². The predicted molar refractivity (Wildman–Crippen MR) is 202 cm³/mol. The fraction of sp³-hybridized carbons (Fsp3) is 0.632. The molecular formula is C38H49N7O7S2. The first-order chi connectivity index (χ1) is 25.7. The number of aryl methyl sites for hydroxylation is 2. The minimum Gasteiger partial charge on any atom is -0.492 e. The third kappa shape index (κ3) is 7.33. The zero-order chi connectivity index (χ0) is 38.0. The Hall–Kier alpha value is -3.73. The number of benzene rings is 1. The zero-order valence-corrected chi connectivity index (χ0v) is 33.1. The molecule has 3 aromatic rings. The van der Waals surface area contributed by atoms with Gasteiger partial charge in [0.2, 0.25) is 11.8 Å². The Kier molecular flexibility index (Phi) is 9.71. The molecule has 0 radical (unpaired) electrons. The van der Waals surface area contributed by atoms with Crippen LogP contribution in [-0.4, -0.2) is 113 Å². The van der Waals surface area contributed by atoms with Crippen LogP contribution >= 0.6 is 23.1 Å². The normalized spacial score (nSPS) is 27.9. The summed E-state index contributed by atoms with van der Waals surface area (Å²) in [4.78, 5) is 49.1. The highest BCUT2D eigenvalue weighted by atomic mass is 32.2. The summed E-state index contributed by atoms with van der Waals surface area (Å²) in [5.41, 5.74) is 7.63. The van der Waals surface area contributed by atoms with Crippen LogP contribution in [0.3, 0.4) is 0 Å². The van der Waals surface area contributed by atoms with Gasteiger partial charge in [-0.2, -0.15) is 0 Å². The summed E-state index contributed by atoms with van der Waals surface area (Å²) in [5.74, 6) is 0.246. The highest BCUT2D eigenvalue weighted by Gasteiger charge is 2.86. The monoisotopic (exact) mass is 779 g/mol. The summed E-state index contributed by atoms with van der Waals surface area (Å²) in [6.07, 6.45) is 3.20. The average Bonchev–Trinajstić information content (AvgIpc) is 3.54. The number of aromatic nitrogens is 3. The van der Waals surface area contributed by atoms with Gasteiger partial charge < -0.3 is 34.9 Å². The van der Waals surface area contributed by atoms with E-state index in [1.54, 1.807) is 0 Å². The van der Waals surface area contributed by atoms with Crippen molar-refractivity contribution in [1.82, 2.24) is 30.3 Å². The number of pyridine rings is 1. The molecule has 290 valence electrons. The van der Waals surface area contributed by atoms with Gasteiger partial charge in [-0.05, 0) is 79.7 Å². The number of carbonyl (C=O) groups is 3. The van der Waals surface area contributed by atoms with Crippen LogP contribution in [0.1, 0.15) is 63.4 Å². The summed E-state index contributed by atoms with van der Waals surface area (Å²) in [6, 6.07) is 3.86. The van der Waals surface area contributed by atoms with Crippen LogP contribution in [0.2, 0.25) is 0 Å². The van der Waals surface area contributed by atoms with Crippen LogP contribution in [0.15, 0.2) is 27.6 Å². The maximum absolute atomic E-state index is 14.3. The molecule has 4 heterocycles. The van der Waals surface area contributed by atoms with E-state index in [-0.39, 0.29) is 19.1 Å². The van der Waals surface area contributed by atoms with E-state index in [0.717, 1.165) is 71.7 Å². The van der Waals surface area contributed by atoms with E-state index in [2.05, 4.69) is 20.4 Å². The fourth-order valence-electron chi connectivity index (χ4n) is 8.78. The number of ether oxygens (including phenoxy) is 4. The largest absolute Gasteiger partial charge is 0.492 e. The minimum absolute atomic E-state index is 0.104. The lowest BCUT2D eigenvalue weighted by atomic mass is 9.85. The Labute approximate surface area is 323 Å². The van der Waals surface area contributed by atoms with E-state index in [1.807, 2.05) is 52.8 Å². The van der Waals surface area contributed by atoms with Crippen LogP contribution in [-0.2, 0) is 19.1 Å². The summed E-state index contributed by atoms with van der Waals surface area (Å²) >= 11 is 2.86. The van der Waals surface area contributed by atoms with Crippen molar-refractivity contribution in [1.29, 1.82) is 0 Å². The summed E-state index contributed by atoms with van der Waals surface area (Å²) in [6.45, 7) is 14.2. The zero-order valence-electron chi connectivity index (χ0n) is 31.5. The molecule has 3 aliphatic carbocycles. The molecule has 3 amide bonds. The van der Waals surface area contributed by atoms with Gasteiger partial charge in [0.25, 0.3) is 0 Å². The molecule has 14 nitrogen and oxygen atoms in total. The molecule has 1 aromatic carbocycles. The van der Waals surface area contributed by atoms with Gasteiger partial charge in [0.15, 0.2) is 4.34 Å². The van der Waals surface area contributed by atoms with E-state index < -0.39 is 41.5 Å². The maximum atomic E-state index is 14.3. The van der Waals surface area contributed by atoms with Gasteiger partial charge in [0.05, 0.1) is 25.3 Å². The Morgan fingerprint density at radius 2 is 1.83 bits per heavy atom. The quantitative estimate of drug-likeness (QED) is 0.265. The Bertz CT molecular complexity index is 1940. The third-order valence-corrected chi connectivity index (χ3v) is 13.7. The minimum atomic E-state index is -0.947. The van der Waals surface area contributed by atoms with E-state index in [4.69, 9.17) is 29.7 Å². The standard InChI is InChI=1S/C38H49N7O7S2/c1-21-27(50-13-10-44-8-11-49-12-9-44)7-6-25-28(15-29(40-30(21)25)54-35-43-42-22(2)53-35)51-23-14-26(32(39)46)45(18-23)33(47)31(36(3,4)5)41-34(48)52-24-16-37-19-38(37,17-24)20-37/h6-7,15,23-24,26,31H,8-14,16-20H2,1-5H3,(H2,39,46)(H,41,48)/t23?,24?,26-,31+,37?,38?/m0/s1. The van der Waals surface area contributed by atoms with E-state index in [1.165, 1.54) is 40.8 Å². The molecule has 3 N–H and O–H groups in total. The highest BCUT2D eigenvalue weighted by Crippen LogP contribution is 2.93. The van der Waals surface area contributed by atoms with Crippen molar-refractivity contribution in [3.05, 3.63) is 28.8 Å². The molecule has 1 unspecified atom stereocenters. The lowest BCUT2D eigenvalue weighted by Crippen LogP contribution is -2.57. The summed E-state index contributed by atoms with van der Waals surface area (Å²) < 4.78 is 25.0. The van der Waals surface area contributed by atoms with Crippen molar-refractivity contribution in [2.75, 3.05) is 46.0 Å². The molecule has 5 aliphatic rings. The van der Waals surface area contributed by atoms with Gasteiger partial charge in [-0.1, -0.05) is 32.1 Å². The molecule has 3 atom stereocenters. The number of nitrogens with zero attached hydrogens (tertiary/aromatic N) is 5. The molecule has 5 fully saturated rings. The molecule has 3 saturated carbocycles. The van der Waals surface area contributed by atoms with Crippen LogP contribution < -0.4 is 20.5 Å². The molecule has 2 aromatic heterocycles. The van der Waals surface area contributed by atoms with Gasteiger partial charge >= 0.3 is 6.09 Å². The number of likely N-dealkylation sites (tertiary alicyclic amines) is 1. The van der Waals surface area contributed by atoms with Crippen molar-refractivity contribution in [2.24, 2.45) is 22.0 Å². The first-order valence-corrected chi connectivity index (χ1v) is 20.4. The number of nitrogens with two attached hydrogens (primary N) is 1. The molecule has 0 spiro atoms. The average molecular weight is 780 g/mol. The lowest BCUT2D eigenvalue weighted by Gasteiger charge is -2.35. The second-order valence-electron chi connectivity index (χ2n) is 16.7. The lowest BCUT2D eigenvalue weighted by molar-refractivity contribution is -0.141. The van der Waals surface area contributed by atoms with Crippen LogP contribution in [0.4, 0.5) is 4.79 Å². The molecule has 2 saturated heterocycles. The second-order valence-corrected chi connectivity index (χ2v) is 19.2. The maximum Gasteiger partial charge on any atom is 0.408 e. The Morgan fingerprint density at radius 1 is 1.09 bits per heavy atom. The van der Waals surface area contributed by atoms with Crippen molar-refractivity contribution < 1.29 is 33.3 Å². The number of morpholine rings is 1. The molecule has 0 bridgehead atoms. The van der Waals surface area contributed by atoms with Gasteiger partial charge in [0, 0.05) is 43.1 Å². The van der Waals surface area contributed by atoms with Gasteiger partial charge in [0.1, 0.15) is 52.4 Å². The van der Waals surface area contributed by atoms with Crippen molar-refractivity contribution in [2.45, 2.75) is 100 Å². The molecular weight excluding hydrogens is 731 g/mol. The predicted octanol–water partition coefficient (Wildman–Crippen LogP) is 4.48.